The molecular weight excluding hydrogens is 346 g/mol. The van der Waals surface area contributed by atoms with Crippen LogP contribution in [-0.4, -0.2) is 61.8 Å². The van der Waals surface area contributed by atoms with Crippen LogP contribution in [0.5, 0.6) is 0 Å². The third-order valence-corrected chi connectivity index (χ3v) is 4.62. The van der Waals surface area contributed by atoms with Crippen LogP contribution in [0.3, 0.4) is 0 Å². The van der Waals surface area contributed by atoms with Gasteiger partial charge in [-0.05, 0) is 12.1 Å². The van der Waals surface area contributed by atoms with E-state index in [9.17, 15) is 9.59 Å². The average Bonchev–Trinajstić information content (AvgIpc) is 2.68. The zero-order chi connectivity index (χ0) is 18.8. The second kappa shape index (κ2) is 7.12. The van der Waals surface area contributed by atoms with Gasteiger partial charge in [0.05, 0.1) is 17.4 Å². The summed E-state index contributed by atoms with van der Waals surface area (Å²) >= 11 is 0. The molecule has 0 spiro atoms. The topological polar surface area (TPSA) is 121 Å². The van der Waals surface area contributed by atoms with Crippen LogP contribution < -0.4 is 11.3 Å². The summed E-state index contributed by atoms with van der Waals surface area (Å²) in [4.78, 5) is 43.9. The lowest BCUT2D eigenvalue weighted by Gasteiger charge is -2.34. The van der Waals surface area contributed by atoms with E-state index in [2.05, 4.69) is 24.8 Å². The standard InChI is InChI=1S/C18H19N7O2/c19-16-15(20-5-6-21-16)18(27)25-9-7-24(8-10-25)11-14-22-13-4-2-1-3-12(13)17(26)23-14/h1-6H,7-11H2,(H2,19,21)(H,22,23,26). The molecule has 3 N–H and O–H groups in total. The molecular formula is C18H19N7O2. The van der Waals surface area contributed by atoms with E-state index in [4.69, 9.17) is 5.73 Å². The zero-order valence-electron chi connectivity index (χ0n) is 14.6. The summed E-state index contributed by atoms with van der Waals surface area (Å²) in [6, 6.07) is 7.27. The molecule has 2 aromatic heterocycles. The van der Waals surface area contributed by atoms with Gasteiger partial charge in [0.1, 0.15) is 5.82 Å². The number of fused-ring (bicyclic) bond motifs is 1. The third kappa shape index (κ3) is 3.49. The Hall–Kier alpha value is -3.33. The van der Waals surface area contributed by atoms with Gasteiger partial charge < -0.3 is 15.6 Å². The van der Waals surface area contributed by atoms with Crippen molar-refractivity contribution in [2.75, 3.05) is 31.9 Å². The van der Waals surface area contributed by atoms with Gasteiger partial charge in [0.15, 0.2) is 11.5 Å². The summed E-state index contributed by atoms with van der Waals surface area (Å²) in [5.41, 5.74) is 6.48. The lowest BCUT2D eigenvalue weighted by Crippen LogP contribution is -2.48. The molecule has 9 heteroatoms. The maximum atomic E-state index is 12.5. The highest BCUT2D eigenvalue weighted by Crippen LogP contribution is 2.12. The molecule has 27 heavy (non-hydrogen) atoms. The van der Waals surface area contributed by atoms with E-state index in [1.165, 1.54) is 12.4 Å². The van der Waals surface area contributed by atoms with Gasteiger partial charge in [-0.3, -0.25) is 14.5 Å². The van der Waals surface area contributed by atoms with Crippen LogP contribution in [0.2, 0.25) is 0 Å². The quantitative estimate of drug-likeness (QED) is 0.682. The van der Waals surface area contributed by atoms with Crippen LogP contribution in [0, 0.1) is 0 Å². The molecule has 1 aliphatic rings. The number of nitrogens with one attached hydrogen (secondary N) is 1. The molecule has 1 fully saturated rings. The van der Waals surface area contributed by atoms with Crippen molar-refractivity contribution in [1.82, 2.24) is 29.7 Å². The minimum Gasteiger partial charge on any atom is -0.382 e. The Balaban J connectivity index is 1.42. The van der Waals surface area contributed by atoms with Crippen LogP contribution in [-0.2, 0) is 6.54 Å². The SMILES string of the molecule is Nc1nccnc1C(=O)N1CCN(Cc2nc3ccccc3c(=O)[nH]2)CC1. The number of rotatable bonds is 3. The minimum absolute atomic E-state index is 0.137. The molecule has 138 valence electrons. The van der Waals surface area contributed by atoms with Gasteiger partial charge >= 0.3 is 0 Å². The number of hydrogen-bond acceptors (Lipinski definition) is 7. The van der Waals surface area contributed by atoms with Gasteiger partial charge in [0, 0.05) is 38.6 Å². The number of hydrogen-bond donors (Lipinski definition) is 2. The van der Waals surface area contributed by atoms with E-state index in [1.54, 1.807) is 11.0 Å². The fraction of sp³-hybridized carbons (Fsp3) is 0.278. The van der Waals surface area contributed by atoms with Crippen LogP contribution >= 0.6 is 0 Å². The van der Waals surface area contributed by atoms with E-state index in [1.807, 2.05) is 18.2 Å². The van der Waals surface area contributed by atoms with Crippen molar-refractivity contribution < 1.29 is 4.79 Å². The first-order valence-corrected chi connectivity index (χ1v) is 8.68. The molecule has 1 aromatic carbocycles. The van der Waals surface area contributed by atoms with Crippen molar-refractivity contribution in [3.8, 4) is 0 Å². The molecule has 1 saturated heterocycles. The van der Waals surface area contributed by atoms with Crippen LogP contribution in [0.15, 0.2) is 41.5 Å². The maximum absolute atomic E-state index is 12.5. The molecule has 9 nitrogen and oxygen atoms in total. The van der Waals surface area contributed by atoms with E-state index in [-0.39, 0.29) is 23.0 Å². The number of anilines is 1. The first-order valence-electron chi connectivity index (χ1n) is 8.68. The number of H-pyrrole nitrogens is 1. The molecule has 4 rings (SSSR count). The van der Waals surface area contributed by atoms with E-state index >= 15 is 0 Å². The van der Waals surface area contributed by atoms with Gasteiger partial charge in [-0.25, -0.2) is 15.0 Å². The lowest BCUT2D eigenvalue weighted by atomic mass is 10.2. The number of aromatic amines is 1. The first kappa shape index (κ1) is 17.1. The van der Waals surface area contributed by atoms with Crippen LogP contribution in [0.1, 0.15) is 16.3 Å². The Bertz CT molecular complexity index is 1040. The number of benzene rings is 1. The number of carbonyl (C=O) groups is 1. The predicted octanol–water partition coefficient (Wildman–Crippen LogP) is 0.253. The predicted molar refractivity (Wildman–Crippen MR) is 100.0 cm³/mol. The van der Waals surface area contributed by atoms with Crippen molar-refractivity contribution in [3.63, 3.8) is 0 Å². The van der Waals surface area contributed by atoms with E-state index in [0.717, 1.165) is 0 Å². The van der Waals surface area contributed by atoms with Crippen molar-refractivity contribution >= 4 is 22.6 Å². The summed E-state index contributed by atoms with van der Waals surface area (Å²) in [6.45, 7) is 2.96. The molecule has 3 heterocycles. The van der Waals surface area contributed by atoms with Gasteiger partial charge in [-0.2, -0.15) is 0 Å². The number of aromatic nitrogens is 4. The van der Waals surface area contributed by atoms with Crippen LogP contribution in [0.25, 0.3) is 10.9 Å². The Morgan fingerprint density at radius 3 is 2.63 bits per heavy atom. The number of nitrogen functional groups attached to an aromatic ring is 1. The fourth-order valence-corrected chi connectivity index (χ4v) is 3.19. The van der Waals surface area contributed by atoms with Crippen molar-refractivity contribution in [2.24, 2.45) is 0 Å². The Kier molecular flexibility index (Phi) is 4.51. The van der Waals surface area contributed by atoms with E-state index < -0.39 is 0 Å². The summed E-state index contributed by atoms with van der Waals surface area (Å²) in [6.07, 6.45) is 2.92. The first-order chi connectivity index (χ1) is 13.1. The third-order valence-electron chi connectivity index (χ3n) is 4.62. The molecule has 0 radical (unpaired) electrons. The maximum Gasteiger partial charge on any atom is 0.276 e. The van der Waals surface area contributed by atoms with Gasteiger partial charge in [-0.15, -0.1) is 0 Å². The normalized spacial score (nSPS) is 15.2. The second-order valence-corrected chi connectivity index (χ2v) is 6.39. The highest BCUT2D eigenvalue weighted by Gasteiger charge is 2.25. The Labute approximate surface area is 154 Å². The number of carbonyl (C=O) groups excluding carboxylic acids is 1. The Morgan fingerprint density at radius 1 is 1.11 bits per heavy atom. The molecule has 0 aliphatic carbocycles. The Morgan fingerprint density at radius 2 is 1.85 bits per heavy atom. The average molecular weight is 365 g/mol. The van der Waals surface area contributed by atoms with Crippen molar-refractivity contribution in [3.05, 3.63) is 58.5 Å². The number of amides is 1. The zero-order valence-corrected chi connectivity index (χ0v) is 14.6. The minimum atomic E-state index is -0.211. The van der Waals surface area contributed by atoms with Gasteiger partial charge in [-0.1, -0.05) is 12.1 Å². The lowest BCUT2D eigenvalue weighted by molar-refractivity contribution is 0.0620. The fourth-order valence-electron chi connectivity index (χ4n) is 3.19. The summed E-state index contributed by atoms with van der Waals surface area (Å²) in [5.74, 6) is 0.553. The monoisotopic (exact) mass is 365 g/mol. The largest absolute Gasteiger partial charge is 0.382 e. The summed E-state index contributed by atoms with van der Waals surface area (Å²) < 4.78 is 0. The molecule has 0 unspecified atom stereocenters. The molecule has 1 aliphatic heterocycles. The number of nitrogens with zero attached hydrogens (tertiary/aromatic N) is 5. The molecule has 0 atom stereocenters. The smallest absolute Gasteiger partial charge is 0.276 e. The molecule has 0 bridgehead atoms. The molecule has 1 amide bonds. The number of para-hydroxylation sites is 1. The molecule has 0 saturated carbocycles. The highest BCUT2D eigenvalue weighted by molar-refractivity contribution is 5.96. The summed E-state index contributed by atoms with van der Waals surface area (Å²) in [5, 5.41) is 0.582. The van der Waals surface area contributed by atoms with E-state index in [0.29, 0.717) is 49.5 Å². The molecule has 3 aromatic rings. The second-order valence-electron chi connectivity index (χ2n) is 6.39. The van der Waals surface area contributed by atoms with Crippen LogP contribution in [0.4, 0.5) is 5.82 Å². The van der Waals surface area contributed by atoms with Crippen molar-refractivity contribution in [1.29, 1.82) is 0 Å². The van der Waals surface area contributed by atoms with Crippen molar-refractivity contribution in [2.45, 2.75) is 6.54 Å². The number of nitrogens with two attached hydrogens (primary N) is 1. The summed E-state index contributed by atoms with van der Waals surface area (Å²) in [7, 11) is 0. The van der Waals surface area contributed by atoms with Gasteiger partial charge in [0.25, 0.3) is 11.5 Å². The number of piperazine rings is 1. The highest BCUT2D eigenvalue weighted by atomic mass is 16.2. The van der Waals surface area contributed by atoms with Gasteiger partial charge in [0.2, 0.25) is 0 Å².